The number of benzene rings is 2. The Labute approximate surface area is 182 Å². The Kier molecular flexibility index (Phi) is 7.57. The third-order valence-corrected chi connectivity index (χ3v) is 8.34. The summed E-state index contributed by atoms with van der Waals surface area (Å²) in [4.78, 5) is 0. The summed E-state index contributed by atoms with van der Waals surface area (Å²) in [5.74, 6) is 0.429. The van der Waals surface area contributed by atoms with Crippen molar-refractivity contribution < 1.29 is 5.11 Å². The molecule has 0 spiro atoms. The molecule has 1 N–H and O–H groups in total. The van der Waals surface area contributed by atoms with E-state index in [1.54, 1.807) is 4.42 Å². The normalized spacial score (nSPS) is 15.1. The van der Waals surface area contributed by atoms with Gasteiger partial charge in [-0.05, 0) is 53.9 Å². The number of aromatic hydroxyl groups is 1. The number of phenolic OH excluding ortho intramolecular Hbond substituents is 1. The van der Waals surface area contributed by atoms with Gasteiger partial charge < -0.3 is 5.11 Å². The van der Waals surface area contributed by atoms with E-state index in [0.29, 0.717) is 14.3 Å². The first-order chi connectivity index (χ1) is 14.0. The molecular formula is C25H31ClNOP. The predicted molar refractivity (Wildman–Crippen MR) is 128 cm³/mol. The number of para-hydroxylation sites is 1. The van der Waals surface area contributed by atoms with Gasteiger partial charge in [0.05, 0.1) is 0 Å². The molecule has 1 aliphatic rings. The van der Waals surface area contributed by atoms with E-state index in [9.17, 15) is 5.11 Å². The molecule has 3 rings (SSSR count). The zero-order valence-electron chi connectivity index (χ0n) is 17.6. The van der Waals surface area contributed by atoms with E-state index in [4.69, 9.17) is 11.8 Å². The largest absolute Gasteiger partial charge is 0.507 e. The van der Waals surface area contributed by atoms with Crippen molar-refractivity contribution in [2.45, 2.75) is 44.7 Å². The van der Waals surface area contributed by atoms with Crippen LogP contribution in [0.2, 0.25) is 0 Å². The Morgan fingerprint density at radius 1 is 1.07 bits per heavy atom. The molecule has 2 aromatic rings. The highest BCUT2D eigenvalue weighted by Gasteiger charge is 2.33. The van der Waals surface area contributed by atoms with Crippen LogP contribution in [0.25, 0.3) is 11.1 Å². The maximum Gasteiger partial charge on any atom is 0.127 e. The van der Waals surface area contributed by atoms with Crippen LogP contribution < -0.4 is 0 Å². The molecule has 0 radical (unpaired) electrons. The second-order valence-electron chi connectivity index (χ2n) is 7.69. The van der Waals surface area contributed by atoms with E-state index in [1.165, 1.54) is 10.9 Å². The van der Waals surface area contributed by atoms with Crippen molar-refractivity contribution in [2.75, 3.05) is 13.6 Å². The SMILES string of the molecule is CCC(CC)(PC1=C(CN(C)Cl)C=CCC1)c1cccc(-c2ccccc2)c1O. The number of hydrogen-bond donors (Lipinski definition) is 1. The van der Waals surface area contributed by atoms with E-state index in [-0.39, 0.29) is 5.16 Å². The van der Waals surface area contributed by atoms with Gasteiger partial charge in [0.25, 0.3) is 0 Å². The average Bonchev–Trinajstić information content (AvgIpc) is 2.74. The minimum absolute atomic E-state index is 0.0640. The van der Waals surface area contributed by atoms with Crippen LogP contribution >= 0.6 is 20.4 Å². The molecule has 2 aromatic carbocycles. The Balaban J connectivity index is 2.05. The fraction of sp³-hybridized carbons (Fsp3) is 0.360. The van der Waals surface area contributed by atoms with E-state index in [2.05, 4.69) is 50.3 Å². The minimum Gasteiger partial charge on any atom is -0.507 e. The van der Waals surface area contributed by atoms with Crippen molar-refractivity contribution in [3.05, 3.63) is 77.1 Å². The molecule has 2 nitrogen and oxygen atoms in total. The molecule has 1 aliphatic carbocycles. The Morgan fingerprint density at radius 2 is 1.79 bits per heavy atom. The zero-order chi connectivity index (χ0) is 20.9. The topological polar surface area (TPSA) is 23.5 Å². The smallest absolute Gasteiger partial charge is 0.127 e. The monoisotopic (exact) mass is 427 g/mol. The van der Waals surface area contributed by atoms with Crippen LogP contribution in [0.1, 0.15) is 45.1 Å². The van der Waals surface area contributed by atoms with Crippen molar-refractivity contribution in [1.29, 1.82) is 0 Å². The number of nitrogens with zero attached hydrogens (tertiary/aromatic N) is 1. The fourth-order valence-electron chi connectivity index (χ4n) is 4.18. The quantitative estimate of drug-likeness (QED) is 0.349. The number of rotatable bonds is 8. The van der Waals surface area contributed by atoms with Gasteiger partial charge in [-0.15, -0.1) is 0 Å². The standard InChI is InChI=1S/C25H31ClNOP/c1-4-25(5-2,29-23-17-10-9-14-20(23)18-27(3)26)22-16-11-15-21(24(22)28)19-12-7-6-8-13-19/h6-9,11-16,28-29H,4-5,10,17-18H2,1-3H3. The molecule has 0 bridgehead atoms. The van der Waals surface area contributed by atoms with Crippen LogP contribution in [-0.2, 0) is 5.16 Å². The van der Waals surface area contributed by atoms with Gasteiger partial charge in [-0.2, -0.15) is 0 Å². The highest BCUT2D eigenvalue weighted by atomic mass is 35.5. The van der Waals surface area contributed by atoms with Crippen LogP contribution in [0.3, 0.4) is 0 Å². The summed E-state index contributed by atoms with van der Waals surface area (Å²) in [5.41, 5.74) is 4.37. The minimum atomic E-state index is -0.0640. The summed E-state index contributed by atoms with van der Waals surface area (Å²) in [6, 6.07) is 16.4. The predicted octanol–water partition coefficient (Wildman–Crippen LogP) is 7.44. The maximum atomic E-state index is 11.3. The van der Waals surface area contributed by atoms with Crippen LogP contribution in [0, 0.1) is 0 Å². The highest BCUT2D eigenvalue weighted by molar-refractivity contribution is 7.44. The van der Waals surface area contributed by atoms with Crippen LogP contribution in [-0.4, -0.2) is 23.1 Å². The van der Waals surface area contributed by atoms with Crippen molar-refractivity contribution in [2.24, 2.45) is 0 Å². The molecular weight excluding hydrogens is 397 g/mol. The number of hydrogen-bond acceptors (Lipinski definition) is 2. The summed E-state index contributed by atoms with van der Waals surface area (Å²) in [5, 5.41) is 12.8. The van der Waals surface area contributed by atoms with Gasteiger partial charge in [0.2, 0.25) is 0 Å². The molecule has 1 atom stereocenters. The molecule has 29 heavy (non-hydrogen) atoms. The van der Waals surface area contributed by atoms with Gasteiger partial charge in [0.15, 0.2) is 0 Å². The van der Waals surface area contributed by atoms with Crippen LogP contribution in [0.5, 0.6) is 5.75 Å². The lowest BCUT2D eigenvalue weighted by Gasteiger charge is -2.36. The second-order valence-corrected chi connectivity index (χ2v) is 10.1. The summed E-state index contributed by atoms with van der Waals surface area (Å²) >= 11 is 6.17. The summed E-state index contributed by atoms with van der Waals surface area (Å²) in [6.45, 7) is 5.25. The maximum absolute atomic E-state index is 11.3. The van der Waals surface area contributed by atoms with Crippen molar-refractivity contribution in [3.8, 4) is 16.9 Å². The summed E-state index contributed by atoms with van der Waals surface area (Å²) in [7, 11) is 2.54. The molecule has 1 unspecified atom stereocenters. The van der Waals surface area contributed by atoms with Gasteiger partial charge in [0, 0.05) is 29.9 Å². The lowest BCUT2D eigenvalue weighted by molar-refractivity contribution is 0.450. The van der Waals surface area contributed by atoms with Crippen molar-refractivity contribution in [1.82, 2.24) is 4.42 Å². The first-order valence-corrected chi connectivity index (χ1v) is 11.8. The number of likely N-dealkylation sites (N-methyl/N-ethyl adjacent to an activating group) is 1. The lowest BCUT2D eigenvalue weighted by atomic mass is 9.89. The molecule has 0 amide bonds. The second kappa shape index (κ2) is 9.94. The van der Waals surface area contributed by atoms with Gasteiger partial charge >= 0.3 is 0 Å². The van der Waals surface area contributed by atoms with E-state index < -0.39 is 0 Å². The van der Waals surface area contributed by atoms with Gasteiger partial charge in [-0.3, -0.25) is 0 Å². The van der Waals surface area contributed by atoms with Gasteiger partial charge in [0.1, 0.15) is 5.75 Å². The highest BCUT2D eigenvalue weighted by Crippen LogP contribution is 2.57. The lowest BCUT2D eigenvalue weighted by Crippen LogP contribution is -2.20. The molecule has 4 heteroatoms. The van der Waals surface area contributed by atoms with Gasteiger partial charge in [-0.1, -0.05) is 83.1 Å². The van der Waals surface area contributed by atoms with E-state index in [0.717, 1.165) is 48.9 Å². The first-order valence-electron chi connectivity index (χ1n) is 10.4. The van der Waals surface area contributed by atoms with E-state index >= 15 is 0 Å². The molecule has 0 heterocycles. The number of allylic oxidation sites excluding steroid dienone is 2. The zero-order valence-corrected chi connectivity index (χ0v) is 19.3. The Morgan fingerprint density at radius 3 is 2.45 bits per heavy atom. The molecule has 0 saturated carbocycles. The van der Waals surface area contributed by atoms with Crippen LogP contribution in [0.4, 0.5) is 0 Å². The fourth-order valence-corrected chi connectivity index (χ4v) is 6.17. The van der Waals surface area contributed by atoms with Crippen molar-refractivity contribution >= 4 is 20.4 Å². The summed E-state index contributed by atoms with van der Waals surface area (Å²) in [6.07, 6.45) is 8.63. The Hall–Kier alpha value is -1.60. The molecule has 0 aliphatic heterocycles. The third kappa shape index (κ3) is 4.94. The van der Waals surface area contributed by atoms with E-state index in [1.807, 2.05) is 31.3 Å². The van der Waals surface area contributed by atoms with Crippen LogP contribution in [0.15, 0.2) is 71.6 Å². The molecule has 0 fully saturated rings. The van der Waals surface area contributed by atoms with Crippen molar-refractivity contribution in [3.63, 3.8) is 0 Å². The number of halogens is 1. The number of phenols is 1. The molecule has 154 valence electrons. The Bertz CT molecular complexity index is 885. The molecule has 0 saturated heterocycles. The molecule has 0 aromatic heterocycles. The summed E-state index contributed by atoms with van der Waals surface area (Å²) < 4.78 is 1.72. The average molecular weight is 428 g/mol. The van der Waals surface area contributed by atoms with Gasteiger partial charge in [-0.25, -0.2) is 4.42 Å². The first kappa shape index (κ1) is 22.1. The third-order valence-electron chi connectivity index (χ3n) is 5.89.